The topological polar surface area (TPSA) is 6.48 Å². The van der Waals surface area contributed by atoms with Crippen molar-refractivity contribution < 1.29 is 0 Å². The molecule has 0 fully saturated rings. The molecule has 1 atom stereocenters. The van der Waals surface area contributed by atoms with Gasteiger partial charge in [0, 0.05) is 34.1 Å². The highest BCUT2D eigenvalue weighted by Crippen LogP contribution is 2.54. The van der Waals surface area contributed by atoms with Crippen LogP contribution in [0.3, 0.4) is 0 Å². The number of benzene rings is 12. The number of unbranched alkanes of at least 4 members (excludes halogenated alkanes) is 8. The SMILES string of the molecule is CCCCCCCC(CC)c1cc(-c2ccc(N(c3ccc(-c4ccccc4)cc3)c3ccc4c(c3)CC4(C)C)cc2)c2ccccc2c1-c1c(C(CC)(CC)CCCCCCC)cc(-c2ccc(N(c3ccc(-c4ccccc4)cc3)c3ccc(C(C)C)cc3)cc2)c2ccccc12. The van der Waals surface area contributed by atoms with Gasteiger partial charge in [0.2, 0.25) is 0 Å². The maximum atomic E-state index is 2.72. The fourth-order valence-electron chi connectivity index (χ4n) is 16.6. The van der Waals surface area contributed by atoms with Crippen molar-refractivity contribution in [2.75, 3.05) is 9.80 Å². The van der Waals surface area contributed by atoms with Gasteiger partial charge in [-0.2, -0.15) is 0 Å². The first kappa shape index (κ1) is 68.3. The molecule has 1 unspecified atom stereocenters. The Morgan fingerprint density at radius 3 is 1.23 bits per heavy atom. The molecule has 99 heavy (non-hydrogen) atoms. The Hall–Kier alpha value is -9.24. The molecular formula is C97H104N2. The number of anilines is 6. The number of nitrogens with zero attached hydrogens (tertiary/aromatic N) is 2. The van der Waals surface area contributed by atoms with Crippen molar-refractivity contribution in [2.24, 2.45) is 0 Å². The van der Waals surface area contributed by atoms with E-state index in [0.29, 0.717) is 11.8 Å². The van der Waals surface area contributed by atoms with Crippen molar-refractivity contribution in [2.45, 2.75) is 188 Å². The Bertz CT molecular complexity index is 4630. The second-order valence-corrected chi connectivity index (χ2v) is 29.5. The third-order valence-corrected chi connectivity index (χ3v) is 22.5. The zero-order chi connectivity index (χ0) is 68.5. The van der Waals surface area contributed by atoms with Crippen molar-refractivity contribution in [3.8, 4) is 55.6 Å². The molecule has 0 aliphatic heterocycles. The van der Waals surface area contributed by atoms with E-state index >= 15 is 0 Å². The summed E-state index contributed by atoms with van der Waals surface area (Å²) >= 11 is 0. The average Bonchev–Trinajstić information content (AvgIpc) is 0.732. The molecule has 0 N–H and O–H groups in total. The summed E-state index contributed by atoms with van der Waals surface area (Å²) in [6.45, 7) is 21.5. The van der Waals surface area contributed by atoms with Crippen LogP contribution in [-0.2, 0) is 17.3 Å². The standard InChI is InChI=1S/C97H104N2/c1-10-15-17-19-23-33-70(12-3)91-66-89(76-48-60-83(61-49-76)99(84-62-63-92-78(65-84)68-96(92,8)9)82-56-46-75(47-57-82)73-36-26-22-27-37-73)85-38-28-30-40-87(85)94(91)95-88-41-31-29-39-86(88)90(67-93(95)97(13-4,14-5)64-32-20-18-16-11-2)77-50-58-81(59-51-77)98(79-52-42-71(43-53-79)69(6)7)80-54-44-74(45-55-80)72-34-24-21-25-35-72/h21-22,24-31,34-63,65-67,69-70H,10-20,23,32-33,64,68H2,1-9H3. The molecule has 0 heterocycles. The van der Waals surface area contributed by atoms with Gasteiger partial charge in [-0.3, -0.25) is 0 Å². The molecule has 0 saturated heterocycles. The molecular weight excluding hydrogens is 1190 g/mol. The van der Waals surface area contributed by atoms with Crippen LogP contribution in [-0.4, -0.2) is 0 Å². The second-order valence-electron chi connectivity index (χ2n) is 29.5. The van der Waals surface area contributed by atoms with Crippen molar-refractivity contribution in [1.29, 1.82) is 0 Å². The highest BCUT2D eigenvalue weighted by Gasteiger charge is 2.36. The van der Waals surface area contributed by atoms with Crippen molar-refractivity contribution in [1.82, 2.24) is 0 Å². The summed E-state index contributed by atoms with van der Waals surface area (Å²) in [6, 6.07) is 99.8. The maximum Gasteiger partial charge on any atom is 0.0464 e. The van der Waals surface area contributed by atoms with E-state index in [9.17, 15) is 0 Å². The molecule has 2 nitrogen and oxygen atoms in total. The third kappa shape index (κ3) is 14.4. The van der Waals surface area contributed by atoms with E-state index in [0.717, 1.165) is 67.0 Å². The number of fused-ring (bicyclic) bond motifs is 3. The lowest BCUT2D eigenvalue weighted by atomic mass is 9.66. The molecule has 0 aromatic heterocycles. The highest BCUT2D eigenvalue weighted by molar-refractivity contribution is 6.15. The molecule has 502 valence electrons. The number of hydrogen-bond acceptors (Lipinski definition) is 2. The van der Waals surface area contributed by atoms with Gasteiger partial charge in [0.1, 0.15) is 0 Å². The quantitative estimate of drug-likeness (QED) is 0.0431. The zero-order valence-corrected chi connectivity index (χ0v) is 60.7. The summed E-state index contributed by atoms with van der Waals surface area (Å²) in [5, 5.41) is 5.33. The van der Waals surface area contributed by atoms with E-state index in [1.54, 1.807) is 0 Å². The molecule has 1 aliphatic carbocycles. The molecule has 1 aliphatic rings. The Morgan fingerprint density at radius 2 is 0.778 bits per heavy atom. The summed E-state index contributed by atoms with van der Waals surface area (Å²) < 4.78 is 0. The van der Waals surface area contributed by atoms with Gasteiger partial charge >= 0.3 is 0 Å². The zero-order valence-electron chi connectivity index (χ0n) is 60.7. The van der Waals surface area contributed by atoms with Crippen molar-refractivity contribution in [3.05, 3.63) is 289 Å². The minimum Gasteiger partial charge on any atom is -0.311 e. The predicted molar refractivity (Wildman–Crippen MR) is 431 cm³/mol. The van der Waals surface area contributed by atoms with E-state index < -0.39 is 0 Å². The molecule has 12 aromatic rings. The minimum absolute atomic E-state index is 0.0660. The van der Waals surface area contributed by atoms with Crippen LogP contribution in [0.15, 0.2) is 261 Å². The molecule has 0 radical (unpaired) electrons. The van der Waals surface area contributed by atoms with Gasteiger partial charge in [0.15, 0.2) is 0 Å². The second kappa shape index (κ2) is 30.9. The van der Waals surface area contributed by atoms with Gasteiger partial charge in [0.05, 0.1) is 0 Å². The van der Waals surface area contributed by atoms with Crippen LogP contribution in [0.5, 0.6) is 0 Å². The van der Waals surface area contributed by atoms with E-state index in [2.05, 4.69) is 333 Å². The lowest BCUT2D eigenvalue weighted by Crippen LogP contribution is -2.32. The van der Waals surface area contributed by atoms with E-state index in [-0.39, 0.29) is 10.8 Å². The van der Waals surface area contributed by atoms with E-state index in [1.807, 2.05) is 0 Å². The first-order chi connectivity index (χ1) is 48.4. The minimum atomic E-state index is -0.0660. The fourth-order valence-corrected chi connectivity index (χ4v) is 16.6. The van der Waals surface area contributed by atoms with Gasteiger partial charge < -0.3 is 9.80 Å². The average molecular weight is 1300 g/mol. The fraction of sp³-hybridized carbons (Fsp3) is 0.299. The Balaban J connectivity index is 0.978. The smallest absolute Gasteiger partial charge is 0.0464 e. The molecule has 0 saturated carbocycles. The maximum absolute atomic E-state index is 2.72. The summed E-state index contributed by atoms with van der Waals surface area (Å²) in [5.74, 6) is 0.812. The Kier molecular flexibility index (Phi) is 21.3. The van der Waals surface area contributed by atoms with Gasteiger partial charge in [-0.25, -0.2) is 0 Å². The highest BCUT2D eigenvalue weighted by atomic mass is 15.1. The first-order valence-corrected chi connectivity index (χ1v) is 37.9. The Morgan fingerprint density at radius 1 is 0.374 bits per heavy atom. The lowest BCUT2D eigenvalue weighted by Gasteiger charge is -2.39. The predicted octanol–water partition coefficient (Wildman–Crippen LogP) is 29.5. The monoisotopic (exact) mass is 1300 g/mol. The molecule has 12 aromatic carbocycles. The van der Waals surface area contributed by atoms with Crippen LogP contribution < -0.4 is 9.80 Å². The number of hydrogen-bond donors (Lipinski definition) is 0. The summed E-state index contributed by atoms with van der Waals surface area (Å²) in [6.07, 6.45) is 19.3. The van der Waals surface area contributed by atoms with E-state index in [4.69, 9.17) is 0 Å². The summed E-state index contributed by atoms with van der Waals surface area (Å²) in [5.41, 5.74) is 27.3. The molecule has 2 heteroatoms. The number of rotatable bonds is 29. The third-order valence-electron chi connectivity index (χ3n) is 22.5. The lowest BCUT2D eigenvalue weighted by molar-refractivity contribution is 0.349. The normalized spacial score (nSPS) is 13.0. The van der Waals surface area contributed by atoms with Gasteiger partial charge in [-0.05, 0) is 251 Å². The van der Waals surface area contributed by atoms with Crippen LogP contribution in [0.4, 0.5) is 34.1 Å². The molecule has 13 rings (SSSR count). The molecule has 0 bridgehead atoms. The van der Waals surface area contributed by atoms with Crippen LogP contribution >= 0.6 is 0 Å². The van der Waals surface area contributed by atoms with Gasteiger partial charge in [0.25, 0.3) is 0 Å². The first-order valence-electron chi connectivity index (χ1n) is 37.9. The van der Waals surface area contributed by atoms with Crippen molar-refractivity contribution >= 4 is 55.7 Å². The molecule has 0 amide bonds. The van der Waals surface area contributed by atoms with Crippen LogP contribution in [0.25, 0.3) is 77.2 Å². The largest absolute Gasteiger partial charge is 0.311 e. The molecule has 0 spiro atoms. The van der Waals surface area contributed by atoms with E-state index in [1.165, 1.54) is 175 Å². The summed E-state index contributed by atoms with van der Waals surface area (Å²) in [7, 11) is 0. The van der Waals surface area contributed by atoms with Crippen molar-refractivity contribution in [3.63, 3.8) is 0 Å². The van der Waals surface area contributed by atoms with Crippen LogP contribution in [0, 0.1) is 0 Å². The van der Waals surface area contributed by atoms with Gasteiger partial charge in [-0.15, -0.1) is 0 Å². The van der Waals surface area contributed by atoms with Gasteiger partial charge in [-0.1, -0.05) is 302 Å². The summed E-state index contributed by atoms with van der Waals surface area (Å²) in [4.78, 5) is 4.90. The Labute approximate surface area is 593 Å². The van der Waals surface area contributed by atoms with Crippen LogP contribution in [0.2, 0.25) is 0 Å². The van der Waals surface area contributed by atoms with Crippen LogP contribution in [0.1, 0.15) is 198 Å².